The van der Waals surface area contributed by atoms with Crippen LogP contribution in [0.4, 0.5) is 5.69 Å². The third-order valence-corrected chi connectivity index (χ3v) is 4.44. The third kappa shape index (κ3) is 3.66. The molecule has 0 N–H and O–H groups in total. The van der Waals surface area contributed by atoms with Crippen LogP contribution in [0.1, 0.15) is 24.3 Å². The highest BCUT2D eigenvalue weighted by molar-refractivity contribution is 6.03. The van der Waals surface area contributed by atoms with Crippen LogP contribution in [0.25, 0.3) is 10.8 Å². The Hall–Kier alpha value is -2.96. The number of carbonyl (C=O) groups excluding carboxylic acids is 2. The fourth-order valence-corrected chi connectivity index (χ4v) is 3.05. The minimum atomic E-state index is -1.21. The number of methoxy groups -OCH3 is 2. The molecule has 0 aromatic heterocycles. The van der Waals surface area contributed by atoms with Gasteiger partial charge in [-0.05, 0) is 35.7 Å². The maximum absolute atomic E-state index is 12.3. The molecule has 1 heterocycles. The number of nitrogens with zero attached hydrogens (tertiary/aromatic N) is 3. The maximum atomic E-state index is 12.3. The summed E-state index contributed by atoms with van der Waals surface area (Å²) in [6.07, 6.45) is 2.16. The van der Waals surface area contributed by atoms with Crippen LogP contribution in [0, 0.1) is 0 Å². The van der Waals surface area contributed by atoms with Crippen LogP contribution in [-0.2, 0) is 19.1 Å². The average molecular weight is 355 g/mol. The molecule has 136 valence electrons. The van der Waals surface area contributed by atoms with E-state index < -0.39 is 17.9 Å². The first kappa shape index (κ1) is 17.8. The van der Waals surface area contributed by atoms with Gasteiger partial charge in [-0.2, -0.15) is 0 Å². The molecule has 1 saturated heterocycles. The highest BCUT2D eigenvalue weighted by Gasteiger charge is 2.33. The predicted octanol–water partition coefficient (Wildman–Crippen LogP) is 3.36. The Labute approximate surface area is 151 Å². The zero-order valence-corrected chi connectivity index (χ0v) is 14.8. The average Bonchev–Trinajstić information content (AvgIpc) is 3.19. The zero-order valence-electron chi connectivity index (χ0n) is 14.8. The van der Waals surface area contributed by atoms with E-state index in [2.05, 4.69) is 10.3 Å². The summed E-state index contributed by atoms with van der Waals surface area (Å²) in [5.41, 5.74) is 0.877. The van der Waals surface area contributed by atoms with E-state index in [4.69, 9.17) is 9.47 Å². The van der Waals surface area contributed by atoms with Crippen LogP contribution in [0.5, 0.6) is 0 Å². The van der Waals surface area contributed by atoms with Gasteiger partial charge in [0.1, 0.15) is 0 Å². The van der Waals surface area contributed by atoms with E-state index in [1.807, 2.05) is 35.3 Å². The minimum Gasteiger partial charge on any atom is -0.468 e. The lowest BCUT2D eigenvalue weighted by atomic mass is 9.94. The topological polar surface area (TPSA) is 80.6 Å². The Kier molecular flexibility index (Phi) is 5.46. The molecule has 26 heavy (non-hydrogen) atoms. The van der Waals surface area contributed by atoms with Crippen molar-refractivity contribution in [1.82, 2.24) is 5.01 Å². The lowest BCUT2D eigenvalue weighted by Crippen LogP contribution is -2.24. The quantitative estimate of drug-likeness (QED) is 0.467. The number of esters is 2. The van der Waals surface area contributed by atoms with E-state index in [0.29, 0.717) is 11.3 Å². The molecule has 7 nitrogen and oxygen atoms in total. The van der Waals surface area contributed by atoms with Crippen molar-refractivity contribution in [2.45, 2.75) is 18.8 Å². The first-order valence-electron chi connectivity index (χ1n) is 8.49. The van der Waals surface area contributed by atoms with Crippen LogP contribution in [0.2, 0.25) is 0 Å². The van der Waals surface area contributed by atoms with Crippen LogP contribution in [-0.4, -0.2) is 44.3 Å². The standard InChI is InChI=1S/C19H21N3O4/c1-25-18(23)17(19(24)26-2)15-11-13-7-3-4-8-14(13)12-16(15)20-21-22-9-5-6-10-22/h3-4,7-8,11-12,17H,5-6,9-10H2,1-2H3. The van der Waals surface area contributed by atoms with E-state index in [-0.39, 0.29) is 0 Å². The molecule has 0 amide bonds. The first-order chi connectivity index (χ1) is 12.6. The van der Waals surface area contributed by atoms with Crippen molar-refractivity contribution >= 4 is 28.4 Å². The summed E-state index contributed by atoms with van der Waals surface area (Å²) in [4.78, 5) is 24.5. The summed E-state index contributed by atoms with van der Waals surface area (Å²) in [6.45, 7) is 1.70. The van der Waals surface area contributed by atoms with E-state index in [9.17, 15) is 9.59 Å². The normalized spacial score (nSPS) is 14.3. The van der Waals surface area contributed by atoms with Crippen molar-refractivity contribution in [3.63, 3.8) is 0 Å². The molecule has 3 rings (SSSR count). The monoisotopic (exact) mass is 355 g/mol. The Morgan fingerprint density at radius 2 is 1.58 bits per heavy atom. The lowest BCUT2D eigenvalue weighted by molar-refractivity contribution is -0.154. The molecule has 0 saturated carbocycles. The summed E-state index contributed by atoms with van der Waals surface area (Å²) in [6, 6.07) is 11.3. The Morgan fingerprint density at radius 3 is 2.15 bits per heavy atom. The summed E-state index contributed by atoms with van der Waals surface area (Å²) in [5.74, 6) is -2.59. The number of fused-ring (bicyclic) bond motifs is 1. The van der Waals surface area contributed by atoms with Gasteiger partial charge in [0.2, 0.25) is 0 Å². The van der Waals surface area contributed by atoms with Crippen molar-refractivity contribution in [3.05, 3.63) is 42.0 Å². The molecule has 7 heteroatoms. The largest absolute Gasteiger partial charge is 0.468 e. The van der Waals surface area contributed by atoms with Crippen molar-refractivity contribution < 1.29 is 19.1 Å². The second-order valence-corrected chi connectivity index (χ2v) is 6.09. The number of benzene rings is 2. The Morgan fingerprint density at radius 1 is 1.00 bits per heavy atom. The number of carbonyl (C=O) groups is 2. The van der Waals surface area contributed by atoms with Crippen molar-refractivity contribution in [3.8, 4) is 0 Å². The molecule has 0 radical (unpaired) electrons. The fraction of sp³-hybridized carbons (Fsp3) is 0.368. The third-order valence-electron chi connectivity index (χ3n) is 4.44. The lowest BCUT2D eigenvalue weighted by Gasteiger charge is -2.16. The smallest absolute Gasteiger partial charge is 0.324 e. The Balaban J connectivity index is 2.11. The molecule has 0 unspecified atom stereocenters. The summed E-state index contributed by atoms with van der Waals surface area (Å²) in [5, 5.41) is 12.3. The second-order valence-electron chi connectivity index (χ2n) is 6.09. The van der Waals surface area contributed by atoms with Gasteiger partial charge in [-0.15, -0.1) is 5.11 Å². The van der Waals surface area contributed by atoms with Crippen molar-refractivity contribution in [2.24, 2.45) is 10.3 Å². The molecule has 0 atom stereocenters. The van der Waals surface area contributed by atoms with E-state index >= 15 is 0 Å². The summed E-state index contributed by atoms with van der Waals surface area (Å²) in [7, 11) is 2.48. The molecule has 1 fully saturated rings. The van der Waals surface area contributed by atoms with Gasteiger partial charge in [0.05, 0.1) is 19.9 Å². The SMILES string of the molecule is COC(=O)C(C(=O)OC)c1cc2ccccc2cc1N=NN1CCCC1. The predicted molar refractivity (Wildman–Crippen MR) is 96.0 cm³/mol. The number of ether oxygens (including phenoxy) is 2. The number of hydrogen-bond acceptors (Lipinski definition) is 6. The van der Waals surface area contributed by atoms with Crippen LogP contribution in [0.15, 0.2) is 46.7 Å². The number of rotatable bonds is 5. The molecule has 0 spiro atoms. The molecule has 2 aromatic rings. The van der Waals surface area contributed by atoms with Gasteiger partial charge >= 0.3 is 11.9 Å². The van der Waals surface area contributed by atoms with Gasteiger partial charge in [-0.1, -0.05) is 29.5 Å². The van der Waals surface area contributed by atoms with Crippen LogP contribution in [0.3, 0.4) is 0 Å². The van der Waals surface area contributed by atoms with Crippen molar-refractivity contribution in [2.75, 3.05) is 27.3 Å². The molecule has 0 aliphatic carbocycles. The second kappa shape index (κ2) is 7.95. The fourth-order valence-electron chi connectivity index (χ4n) is 3.05. The van der Waals surface area contributed by atoms with E-state index in [1.54, 1.807) is 6.07 Å². The molecule has 0 bridgehead atoms. The van der Waals surface area contributed by atoms with Gasteiger partial charge in [0, 0.05) is 18.7 Å². The van der Waals surface area contributed by atoms with Crippen molar-refractivity contribution in [1.29, 1.82) is 0 Å². The van der Waals surface area contributed by atoms with Gasteiger partial charge in [-0.25, -0.2) is 0 Å². The molecule has 1 aliphatic heterocycles. The highest BCUT2D eigenvalue weighted by Crippen LogP contribution is 2.34. The molecular formula is C19H21N3O4. The van der Waals surface area contributed by atoms with Crippen LogP contribution >= 0.6 is 0 Å². The van der Waals surface area contributed by atoms with Crippen LogP contribution < -0.4 is 0 Å². The van der Waals surface area contributed by atoms with E-state index in [0.717, 1.165) is 36.7 Å². The van der Waals surface area contributed by atoms with Gasteiger partial charge in [0.25, 0.3) is 0 Å². The summed E-state index contributed by atoms with van der Waals surface area (Å²) >= 11 is 0. The highest BCUT2D eigenvalue weighted by atomic mass is 16.5. The van der Waals surface area contributed by atoms with Gasteiger partial charge in [-0.3, -0.25) is 14.6 Å². The zero-order chi connectivity index (χ0) is 18.5. The van der Waals surface area contributed by atoms with E-state index in [1.165, 1.54) is 14.2 Å². The van der Waals surface area contributed by atoms with Gasteiger partial charge in [0.15, 0.2) is 5.92 Å². The first-order valence-corrected chi connectivity index (χ1v) is 8.49. The summed E-state index contributed by atoms with van der Waals surface area (Å²) < 4.78 is 9.62. The number of hydrogen-bond donors (Lipinski definition) is 0. The molecule has 1 aliphatic rings. The maximum Gasteiger partial charge on any atom is 0.324 e. The Bertz CT molecular complexity index is 828. The van der Waals surface area contributed by atoms with Gasteiger partial charge < -0.3 is 9.47 Å². The molecular weight excluding hydrogens is 334 g/mol. The molecule has 2 aromatic carbocycles. The minimum absolute atomic E-state index is 0.422.